The van der Waals surface area contributed by atoms with Gasteiger partial charge in [0.1, 0.15) is 0 Å². The van der Waals surface area contributed by atoms with Crippen molar-refractivity contribution >= 4 is 26.0 Å². The Morgan fingerprint density at radius 1 is 1.26 bits per heavy atom. The zero-order valence-corrected chi connectivity index (χ0v) is 14.8. The van der Waals surface area contributed by atoms with E-state index in [-0.39, 0.29) is 11.5 Å². The molecule has 0 N–H and O–H groups in total. The van der Waals surface area contributed by atoms with E-state index in [0.29, 0.717) is 9.37 Å². The first-order chi connectivity index (χ1) is 8.48. The Hall–Kier alpha value is -0.390. The minimum Gasteiger partial charge on any atom is -0.207 e. The van der Waals surface area contributed by atoms with Gasteiger partial charge in [-0.25, -0.2) is 8.42 Å². The fourth-order valence-electron chi connectivity index (χ4n) is 1.72. The Morgan fingerprint density at radius 2 is 1.79 bits per heavy atom. The molecule has 1 aromatic rings. The molecule has 1 rings (SSSR count). The molecule has 0 aliphatic carbocycles. The summed E-state index contributed by atoms with van der Waals surface area (Å²) in [4.78, 5) is 0.316. The molecule has 0 spiro atoms. The molecule has 0 aliphatic heterocycles. The third kappa shape index (κ3) is 3.58. The first-order valence-corrected chi connectivity index (χ1v) is 8.45. The predicted octanol–water partition coefficient (Wildman–Crippen LogP) is 3.81. The largest absolute Gasteiger partial charge is 0.244 e. The lowest BCUT2D eigenvalue weighted by Gasteiger charge is -2.34. The quantitative estimate of drug-likeness (QED) is 0.833. The molecular weight excluding hydrogens is 326 g/mol. The first kappa shape index (κ1) is 16.7. The molecule has 1 unspecified atom stereocenters. The number of aryl methyl sites for hydroxylation is 1. The van der Waals surface area contributed by atoms with Gasteiger partial charge in [-0.1, -0.05) is 26.8 Å². The van der Waals surface area contributed by atoms with Gasteiger partial charge in [0.25, 0.3) is 0 Å². The third-order valence-corrected chi connectivity index (χ3v) is 6.45. The second-order valence-corrected chi connectivity index (χ2v) is 8.82. The molecule has 0 amide bonds. The second-order valence-electron chi connectivity index (χ2n) is 6.00. The summed E-state index contributed by atoms with van der Waals surface area (Å²) in [5, 5.41) is 0. The second kappa shape index (κ2) is 5.54. The smallest absolute Gasteiger partial charge is 0.207 e. The van der Waals surface area contributed by atoms with Crippen LogP contribution in [0.15, 0.2) is 27.6 Å². The SMILES string of the molecule is Cc1ccc(S(=O)(=O)N(C)C(C)C(C)(C)C)c(Br)c1. The van der Waals surface area contributed by atoms with Gasteiger partial charge in [0, 0.05) is 17.6 Å². The number of nitrogens with zero attached hydrogens (tertiary/aromatic N) is 1. The van der Waals surface area contributed by atoms with Crippen LogP contribution in [0.1, 0.15) is 33.3 Å². The highest BCUT2D eigenvalue weighted by Gasteiger charge is 2.33. The molecule has 1 aromatic carbocycles. The van der Waals surface area contributed by atoms with Crippen molar-refractivity contribution < 1.29 is 8.42 Å². The van der Waals surface area contributed by atoms with Crippen molar-refractivity contribution in [3.8, 4) is 0 Å². The molecule has 1 atom stereocenters. The zero-order valence-electron chi connectivity index (χ0n) is 12.4. The van der Waals surface area contributed by atoms with Gasteiger partial charge in [0.2, 0.25) is 10.0 Å². The van der Waals surface area contributed by atoms with Crippen LogP contribution in [0.3, 0.4) is 0 Å². The van der Waals surface area contributed by atoms with Crippen LogP contribution in [0.5, 0.6) is 0 Å². The predicted molar refractivity (Wildman–Crippen MR) is 82.7 cm³/mol. The van der Waals surface area contributed by atoms with Crippen LogP contribution in [-0.4, -0.2) is 25.8 Å². The molecule has 0 bridgehead atoms. The van der Waals surface area contributed by atoms with Crippen LogP contribution in [-0.2, 0) is 10.0 Å². The third-order valence-electron chi connectivity index (χ3n) is 3.54. The average Bonchev–Trinajstić information content (AvgIpc) is 2.25. The van der Waals surface area contributed by atoms with Crippen molar-refractivity contribution in [3.05, 3.63) is 28.2 Å². The fraction of sp³-hybridized carbons (Fsp3) is 0.571. The van der Waals surface area contributed by atoms with Crippen LogP contribution < -0.4 is 0 Å². The summed E-state index contributed by atoms with van der Waals surface area (Å²) in [7, 11) is -1.85. The van der Waals surface area contributed by atoms with Gasteiger partial charge < -0.3 is 0 Å². The minimum absolute atomic E-state index is 0.0919. The molecule has 0 radical (unpaired) electrons. The van der Waals surface area contributed by atoms with Gasteiger partial charge in [-0.05, 0) is 52.9 Å². The standard InChI is InChI=1S/C14H22BrNO2S/c1-10-7-8-13(12(15)9-10)19(17,18)16(6)11(2)14(3,4)5/h7-9,11H,1-6H3. The first-order valence-electron chi connectivity index (χ1n) is 6.22. The lowest BCUT2D eigenvalue weighted by molar-refractivity contribution is 0.216. The van der Waals surface area contributed by atoms with Gasteiger partial charge in [-0.3, -0.25) is 0 Å². The summed E-state index contributed by atoms with van der Waals surface area (Å²) in [5.41, 5.74) is 0.913. The minimum atomic E-state index is -3.48. The number of hydrogen-bond donors (Lipinski definition) is 0. The number of sulfonamides is 1. The molecule has 0 heterocycles. The molecule has 108 valence electrons. The molecular formula is C14H22BrNO2S. The summed E-state index contributed by atoms with van der Waals surface area (Å²) in [6.45, 7) is 9.97. The highest BCUT2D eigenvalue weighted by molar-refractivity contribution is 9.10. The summed E-state index contributed by atoms with van der Waals surface area (Å²) < 4.78 is 27.4. The van der Waals surface area contributed by atoms with Crippen LogP contribution in [0.2, 0.25) is 0 Å². The molecule has 0 saturated heterocycles. The maximum atomic E-state index is 12.6. The molecule has 0 fully saturated rings. The van der Waals surface area contributed by atoms with E-state index in [1.807, 2.05) is 46.8 Å². The summed E-state index contributed by atoms with van der Waals surface area (Å²) >= 11 is 3.34. The van der Waals surface area contributed by atoms with Crippen LogP contribution in [0.4, 0.5) is 0 Å². The Bertz CT molecular complexity index is 561. The molecule has 0 aromatic heterocycles. The van der Waals surface area contributed by atoms with E-state index in [9.17, 15) is 8.42 Å². The number of benzene rings is 1. The van der Waals surface area contributed by atoms with Gasteiger partial charge in [-0.15, -0.1) is 0 Å². The van der Waals surface area contributed by atoms with Gasteiger partial charge in [-0.2, -0.15) is 4.31 Å². The van der Waals surface area contributed by atoms with Crippen molar-refractivity contribution in [2.45, 2.75) is 45.6 Å². The molecule has 3 nitrogen and oxygen atoms in total. The summed E-state index contributed by atoms with van der Waals surface area (Å²) in [6.07, 6.45) is 0. The Morgan fingerprint density at radius 3 is 2.21 bits per heavy atom. The lowest BCUT2D eigenvalue weighted by Crippen LogP contribution is -2.42. The monoisotopic (exact) mass is 347 g/mol. The van der Waals surface area contributed by atoms with Crippen molar-refractivity contribution in [1.29, 1.82) is 0 Å². The topological polar surface area (TPSA) is 37.4 Å². The van der Waals surface area contributed by atoms with Crippen LogP contribution in [0, 0.1) is 12.3 Å². The Labute approximate surface area is 125 Å². The zero-order chi connectivity index (χ0) is 15.0. The van der Waals surface area contributed by atoms with Crippen LogP contribution in [0.25, 0.3) is 0 Å². The van der Waals surface area contributed by atoms with Gasteiger partial charge in [0.15, 0.2) is 0 Å². The van der Waals surface area contributed by atoms with Crippen molar-refractivity contribution in [2.24, 2.45) is 5.41 Å². The number of halogens is 1. The van der Waals surface area contributed by atoms with E-state index >= 15 is 0 Å². The normalized spacial score (nSPS) is 14.7. The summed E-state index contributed by atoms with van der Waals surface area (Å²) in [5.74, 6) is 0. The van der Waals surface area contributed by atoms with Crippen molar-refractivity contribution in [3.63, 3.8) is 0 Å². The highest BCUT2D eigenvalue weighted by atomic mass is 79.9. The van der Waals surface area contributed by atoms with Gasteiger partial charge in [0.05, 0.1) is 4.90 Å². The van der Waals surface area contributed by atoms with E-state index in [0.717, 1.165) is 5.56 Å². The van der Waals surface area contributed by atoms with Crippen molar-refractivity contribution in [1.82, 2.24) is 4.31 Å². The highest BCUT2D eigenvalue weighted by Crippen LogP contribution is 2.31. The van der Waals surface area contributed by atoms with Crippen LogP contribution >= 0.6 is 15.9 Å². The van der Waals surface area contributed by atoms with E-state index in [2.05, 4.69) is 15.9 Å². The van der Waals surface area contributed by atoms with E-state index in [4.69, 9.17) is 0 Å². The van der Waals surface area contributed by atoms with E-state index < -0.39 is 10.0 Å². The van der Waals surface area contributed by atoms with Crippen molar-refractivity contribution in [2.75, 3.05) is 7.05 Å². The Balaban J connectivity index is 3.24. The molecule has 0 saturated carbocycles. The fourth-order valence-corrected chi connectivity index (χ4v) is 4.42. The molecule has 19 heavy (non-hydrogen) atoms. The molecule has 5 heteroatoms. The van der Waals surface area contributed by atoms with E-state index in [1.165, 1.54) is 4.31 Å². The maximum Gasteiger partial charge on any atom is 0.244 e. The molecule has 0 aliphatic rings. The number of hydrogen-bond acceptors (Lipinski definition) is 2. The average molecular weight is 348 g/mol. The maximum absolute atomic E-state index is 12.6. The Kier molecular flexibility index (Phi) is 4.86. The lowest BCUT2D eigenvalue weighted by atomic mass is 9.88. The number of rotatable bonds is 3. The van der Waals surface area contributed by atoms with Gasteiger partial charge >= 0.3 is 0 Å². The van der Waals surface area contributed by atoms with E-state index in [1.54, 1.807) is 13.1 Å². The summed E-state index contributed by atoms with van der Waals surface area (Å²) in [6, 6.07) is 5.20.